The van der Waals surface area contributed by atoms with Crippen molar-refractivity contribution in [2.24, 2.45) is 0 Å². The van der Waals surface area contributed by atoms with Crippen molar-refractivity contribution in [2.45, 2.75) is 44.4 Å². The summed E-state index contributed by atoms with van der Waals surface area (Å²) >= 11 is 0. The van der Waals surface area contributed by atoms with Crippen LogP contribution in [0, 0.1) is 11.6 Å². The Bertz CT molecular complexity index is 1910. The van der Waals surface area contributed by atoms with Gasteiger partial charge in [-0.15, -0.1) is 0 Å². The van der Waals surface area contributed by atoms with E-state index in [1.54, 1.807) is 42.5 Å². The molecule has 5 rings (SSSR count). The monoisotopic (exact) mass is 652 g/mol. The van der Waals surface area contributed by atoms with Crippen LogP contribution >= 0.6 is 0 Å². The summed E-state index contributed by atoms with van der Waals surface area (Å²) in [5.74, 6) is -0.606. The Labute approximate surface area is 276 Å². The van der Waals surface area contributed by atoms with Gasteiger partial charge in [0.2, 0.25) is 11.4 Å². The molecule has 0 N–H and O–H groups in total. The van der Waals surface area contributed by atoms with E-state index < -0.39 is 10.1 Å². The quantitative estimate of drug-likeness (QED) is 0.113. The second-order valence-corrected chi connectivity index (χ2v) is 12.7. The first-order valence-corrected chi connectivity index (χ1v) is 17.3. The Morgan fingerprint density at radius 1 is 0.723 bits per heavy atom. The van der Waals surface area contributed by atoms with Crippen LogP contribution in [0.5, 0.6) is 0 Å². The maximum atomic E-state index is 13.7. The van der Waals surface area contributed by atoms with Crippen LogP contribution in [0.15, 0.2) is 132 Å². The van der Waals surface area contributed by atoms with Gasteiger partial charge >= 0.3 is 0 Å². The molecule has 4 aromatic rings. The van der Waals surface area contributed by atoms with Crippen molar-refractivity contribution >= 4 is 38.5 Å². The van der Waals surface area contributed by atoms with Crippen molar-refractivity contribution in [3.8, 4) is 0 Å². The van der Waals surface area contributed by atoms with Gasteiger partial charge in [-0.2, -0.15) is 4.58 Å². The van der Waals surface area contributed by atoms with Crippen molar-refractivity contribution < 1.29 is 26.3 Å². The summed E-state index contributed by atoms with van der Waals surface area (Å²) in [6.45, 7) is 5.70. The first-order chi connectivity index (χ1) is 22.7. The van der Waals surface area contributed by atoms with Crippen molar-refractivity contribution in [2.75, 3.05) is 18.0 Å². The SMILES string of the molecule is CCCCN(c1ccc(F)cc1)c1ccc(C(=C2C=CC(=[N+](CCCC)c3ccc(F)cc3)C=C2)c2ccccc2S(=O)(=O)[O-])cc1. The lowest BCUT2D eigenvalue weighted by molar-refractivity contribution is -0.439. The average Bonchev–Trinajstić information content (AvgIpc) is 3.08. The summed E-state index contributed by atoms with van der Waals surface area (Å²) in [7, 11) is -4.79. The van der Waals surface area contributed by atoms with Crippen molar-refractivity contribution in [1.82, 2.24) is 0 Å². The van der Waals surface area contributed by atoms with E-state index in [-0.39, 0.29) is 16.5 Å². The molecule has 0 fully saturated rings. The van der Waals surface area contributed by atoms with Crippen LogP contribution in [0.3, 0.4) is 0 Å². The Hall–Kier alpha value is -4.66. The molecule has 0 saturated heterocycles. The van der Waals surface area contributed by atoms with Crippen molar-refractivity contribution in [3.63, 3.8) is 0 Å². The standard InChI is InChI=1S/C39H38F2N2O3S/c1-3-5-27-42(35-23-15-31(40)16-24-35)33-19-11-29(12-20-33)39(37-9-7-8-10-38(37)47(44,45)46)30-13-21-34(22-14-30)43(28-6-4-2)36-25-17-32(41)18-26-36/h7-26H,3-6,27-28H2,1-2H3. The first kappa shape index (κ1) is 33.7. The van der Waals surface area contributed by atoms with E-state index in [2.05, 4.69) is 23.3 Å². The molecule has 0 aromatic heterocycles. The molecule has 5 nitrogen and oxygen atoms in total. The minimum Gasteiger partial charge on any atom is -0.744 e. The van der Waals surface area contributed by atoms with Gasteiger partial charge in [0, 0.05) is 54.2 Å². The maximum absolute atomic E-state index is 13.7. The van der Waals surface area contributed by atoms with Gasteiger partial charge in [0.05, 0.1) is 4.90 Å². The highest BCUT2D eigenvalue weighted by Crippen LogP contribution is 2.36. The zero-order valence-electron chi connectivity index (χ0n) is 26.6. The van der Waals surface area contributed by atoms with Gasteiger partial charge < -0.3 is 9.45 Å². The Kier molecular flexibility index (Phi) is 11.0. The van der Waals surface area contributed by atoms with Crippen LogP contribution in [0.2, 0.25) is 0 Å². The van der Waals surface area contributed by atoms with E-state index in [1.807, 2.05) is 48.6 Å². The molecule has 0 amide bonds. The van der Waals surface area contributed by atoms with E-state index >= 15 is 0 Å². The third kappa shape index (κ3) is 8.20. The number of benzene rings is 4. The second kappa shape index (κ2) is 15.3. The zero-order valence-corrected chi connectivity index (χ0v) is 27.4. The van der Waals surface area contributed by atoms with E-state index in [4.69, 9.17) is 0 Å². The van der Waals surface area contributed by atoms with Crippen LogP contribution in [0.1, 0.15) is 50.7 Å². The third-order valence-corrected chi connectivity index (χ3v) is 9.00. The topological polar surface area (TPSA) is 63.5 Å². The van der Waals surface area contributed by atoms with E-state index in [9.17, 15) is 21.8 Å². The van der Waals surface area contributed by atoms with Crippen LogP contribution < -0.4 is 4.90 Å². The fourth-order valence-electron chi connectivity index (χ4n) is 5.67. The molecule has 47 heavy (non-hydrogen) atoms. The minimum absolute atomic E-state index is 0.296. The molecule has 0 bridgehead atoms. The highest BCUT2D eigenvalue weighted by molar-refractivity contribution is 7.85. The highest BCUT2D eigenvalue weighted by Gasteiger charge is 2.21. The minimum atomic E-state index is -4.79. The molecule has 0 saturated carbocycles. The van der Waals surface area contributed by atoms with Crippen molar-refractivity contribution in [3.05, 3.63) is 150 Å². The number of halogens is 2. The predicted octanol–water partition coefficient (Wildman–Crippen LogP) is 9.32. The zero-order chi connectivity index (χ0) is 33.4. The third-order valence-electron chi connectivity index (χ3n) is 8.11. The summed E-state index contributed by atoms with van der Waals surface area (Å²) in [4.78, 5) is 1.83. The van der Waals surface area contributed by atoms with Crippen LogP contribution in [0.4, 0.5) is 25.8 Å². The van der Waals surface area contributed by atoms with Gasteiger partial charge in [0.25, 0.3) is 0 Å². The summed E-state index contributed by atoms with van der Waals surface area (Å²) < 4.78 is 66.8. The molecule has 0 spiro atoms. The molecule has 242 valence electrons. The summed E-state index contributed by atoms with van der Waals surface area (Å²) in [5.41, 5.74) is 5.90. The number of allylic oxidation sites excluding steroid dienone is 5. The Morgan fingerprint density at radius 3 is 1.85 bits per heavy atom. The Balaban J connectivity index is 1.63. The Morgan fingerprint density at radius 2 is 1.28 bits per heavy atom. The molecule has 8 heteroatoms. The molecule has 0 unspecified atom stereocenters. The molecular formula is C39H38F2N2O3S. The lowest BCUT2D eigenvalue weighted by Gasteiger charge is -2.26. The molecule has 0 heterocycles. The van der Waals surface area contributed by atoms with Crippen LogP contribution in [-0.2, 0) is 10.1 Å². The lowest BCUT2D eigenvalue weighted by atomic mass is 9.90. The number of nitrogens with zero attached hydrogens (tertiary/aromatic N) is 2. The van der Waals surface area contributed by atoms with Gasteiger partial charge in [0.1, 0.15) is 28.3 Å². The molecule has 0 aliphatic heterocycles. The van der Waals surface area contributed by atoms with Crippen LogP contribution in [-0.4, -0.2) is 36.3 Å². The lowest BCUT2D eigenvalue weighted by Crippen LogP contribution is -2.18. The molecule has 4 aromatic carbocycles. The summed E-state index contributed by atoms with van der Waals surface area (Å²) in [6.07, 6.45) is 11.6. The van der Waals surface area contributed by atoms with Crippen LogP contribution in [0.25, 0.3) is 5.57 Å². The van der Waals surface area contributed by atoms with E-state index in [0.29, 0.717) is 11.1 Å². The fourth-order valence-corrected chi connectivity index (χ4v) is 6.36. The summed E-state index contributed by atoms with van der Waals surface area (Å²) in [6, 6.07) is 26.8. The number of anilines is 2. The molecule has 1 aliphatic rings. The van der Waals surface area contributed by atoms with Gasteiger partial charge in [-0.3, -0.25) is 0 Å². The number of hydrogen-bond donors (Lipinski definition) is 0. The second-order valence-electron chi connectivity index (χ2n) is 11.4. The normalized spacial score (nSPS) is 12.8. The fraction of sp³-hybridized carbons (Fsp3) is 0.205. The smallest absolute Gasteiger partial charge is 0.205 e. The van der Waals surface area contributed by atoms with Gasteiger partial charge in [-0.1, -0.05) is 57.0 Å². The average molecular weight is 653 g/mol. The van der Waals surface area contributed by atoms with Crippen molar-refractivity contribution in [1.29, 1.82) is 0 Å². The highest BCUT2D eigenvalue weighted by atomic mass is 32.2. The molecular weight excluding hydrogens is 615 g/mol. The molecule has 0 radical (unpaired) electrons. The molecule has 0 atom stereocenters. The maximum Gasteiger partial charge on any atom is 0.205 e. The molecule has 1 aliphatic carbocycles. The van der Waals surface area contributed by atoms with Gasteiger partial charge in [-0.05, 0) is 89.9 Å². The number of hydrogen-bond acceptors (Lipinski definition) is 4. The number of unbranched alkanes of at least 4 members (excludes halogenated alkanes) is 2. The number of rotatable bonds is 12. The predicted molar refractivity (Wildman–Crippen MR) is 185 cm³/mol. The van der Waals surface area contributed by atoms with E-state index in [1.165, 1.54) is 30.3 Å². The van der Waals surface area contributed by atoms with Gasteiger partial charge in [-0.25, -0.2) is 17.2 Å². The van der Waals surface area contributed by atoms with E-state index in [0.717, 1.165) is 72.7 Å². The largest absolute Gasteiger partial charge is 0.744 e. The summed E-state index contributed by atoms with van der Waals surface area (Å²) in [5, 5.41) is 0. The van der Waals surface area contributed by atoms with Gasteiger partial charge in [0.15, 0.2) is 0 Å². The first-order valence-electron chi connectivity index (χ1n) is 15.9.